The SMILES string of the molecule is Cc1cc([N+](=O)[O-])ccc1NS(=O)(=O)c1ccc(-c2ccccc2)cc1. The highest BCUT2D eigenvalue weighted by atomic mass is 32.2. The van der Waals surface area contributed by atoms with Gasteiger partial charge >= 0.3 is 0 Å². The second kappa shape index (κ2) is 6.97. The molecule has 0 saturated carbocycles. The maximum absolute atomic E-state index is 12.6. The van der Waals surface area contributed by atoms with Crippen LogP contribution in [-0.2, 0) is 10.0 Å². The van der Waals surface area contributed by atoms with Crippen LogP contribution in [0.4, 0.5) is 11.4 Å². The first-order chi connectivity index (χ1) is 12.4. The van der Waals surface area contributed by atoms with Gasteiger partial charge in [-0.2, -0.15) is 0 Å². The van der Waals surface area contributed by atoms with Crippen molar-refractivity contribution in [3.05, 3.63) is 88.5 Å². The van der Waals surface area contributed by atoms with Crippen molar-refractivity contribution in [3.63, 3.8) is 0 Å². The van der Waals surface area contributed by atoms with Gasteiger partial charge in [0.05, 0.1) is 15.5 Å². The Morgan fingerprint density at radius 3 is 2.08 bits per heavy atom. The van der Waals surface area contributed by atoms with Crippen LogP contribution in [0.5, 0.6) is 0 Å². The van der Waals surface area contributed by atoms with Crippen molar-refractivity contribution in [2.24, 2.45) is 0 Å². The van der Waals surface area contributed by atoms with Gasteiger partial charge in [-0.05, 0) is 41.8 Å². The van der Waals surface area contributed by atoms with Gasteiger partial charge in [-0.25, -0.2) is 8.42 Å². The molecule has 0 fully saturated rings. The lowest BCUT2D eigenvalue weighted by Crippen LogP contribution is -2.13. The average molecular weight is 368 g/mol. The number of nitro groups is 1. The molecule has 6 nitrogen and oxygen atoms in total. The summed E-state index contributed by atoms with van der Waals surface area (Å²) in [5.74, 6) is 0. The number of sulfonamides is 1. The minimum absolute atomic E-state index is 0.0855. The number of hydrogen-bond donors (Lipinski definition) is 1. The minimum atomic E-state index is -3.79. The fourth-order valence-electron chi connectivity index (χ4n) is 2.54. The minimum Gasteiger partial charge on any atom is -0.279 e. The molecule has 0 heterocycles. The van der Waals surface area contributed by atoms with E-state index in [2.05, 4.69) is 4.72 Å². The number of hydrogen-bond acceptors (Lipinski definition) is 4. The van der Waals surface area contributed by atoms with Gasteiger partial charge in [0.15, 0.2) is 0 Å². The Morgan fingerprint density at radius 1 is 0.885 bits per heavy atom. The molecule has 0 amide bonds. The molecule has 0 radical (unpaired) electrons. The van der Waals surface area contributed by atoms with E-state index in [0.717, 1.165) is 11.1 Å². The van der Waals surface area contributed by atoms with Gasteiger partial charge in [0.2, 0.25) is 0 Å². The van der Waals surface area contributed by atoms with E-state index in [1.165, 1.54) is 30.3 Å². The summed E-state index contributed by atoms with van der Waals surface area (Å²) >= 11 is 0. The summed E-state index contributed by atoms with van der Waals surface area (Å²) in [5.41, 5.74) is 2.61. The van der Waals surface area contributed by atoms with Gasteiger partial charge in [0.25, 0.3) is 15.7 Å². The molecule has 0 spiro atoms. The van der Waals surface area contributed by atoms with Crippen molar-refractivity contribution < 1.29 is 13.3 Å². The second-order valence-electron chi connectivity index (χ2n) is 5.75. The molecule has 1 N–H and O–H groups in total. The Balaban J connectivity index is 1.86. The zero-order chi connectivity index (χ0) is 18.7. The molecule has 0 saturated heterocycles. The van der Waals surface area contributed by atoms with Crippen molar-refractivity contribution in [1.29, 1.82) is 0 Å². The quantitative estimate of drug-likeness (QED) is 0.535. The molecule has 0 aliphatic carbocycles. The molecule has 26 heavy (non-hydrogen) atoms. The highest BCUT2D eigenvalue weighted by Crippen LogP contribution is 2.25. The van der Waals surface area contributed by atoms with Crippen molar-refractivity contribution in [2.45, 2.75) is 11.8 Å². The summed E-state index contributed by atoms with van der Waals surface area (Å²) < 4.78 is 27.6. The number of rotatable bonds is 5. The third-order valence-corrected chi connectivity index (χ3v) is 5.32. The molecule has 7 heteroatoms. The number of anilines is 1. The zero-order valence-electron chi connectivity index (χ0n) is 13.9. The van der Waals surface area contributed by atoms with E-state index in [9.17, 15) is 18.5 Å². The molecule has 3 rings (SSSR count). The van der Waals surface area contributed by atoms with Crippen LogP contribution in [-0.4, -0.2) is 13.3 Å². The summed E-state index contributed by atoms with van der Waals surface area (Å²) in [6.45, 7) is 1.61. The fraction of sp³-hybridized carbons (Fsp3) is 0.0526. The molecule has 3 aromatic rings. The lowest BCUT2D eigenvalue weighted by atomic mass is 10.1. The molecule has 0 aliphatic heterocycles. The number of nitrogens with zero attached hydrogens (tertiary/aromatic N) is 1. The summed E-state index contributed by atoms with van der Waals surface area (Å²) in [7, 11) is -3.79. The molecular formula is C19H16N2O4S. The summed E-state index contributed by atoms with van der Waals surface area (Å²) in [4.78, 5) is 10.4. The van der Waals surface area contributed by atoms with E-state index in [0.29, 0.717) is 11.3 Å². The lowest BCUT2D eigenvalue weighted by Gasteiger charge is -2.11. The van der Waals surface area contributed by atoms with Gasteiger partial charge in [0, 0.05) is 12.1 Å². The first-order valence-electron chi connectivity index (χ1n) is 7.80. The molecule has 0 aliphatic rings. The fourth-order valence-corrected chi connectivity index (χ4v) is 3.67. The molecule has 132 valence electrons. The molecule has 0 atom stereocenters. The number of aryl methyl sites for hydroxylation is 1. The Morgan fingerprint density at radius 2 is 1.50 bits per heavy atom. The Bertz CT molecular complexity index is 1050. The van der Waals surface area contributed by atoms with Crippen molar-refractivity contribution >= 4 is 21.4 Å². The van der Waals surface area contributed by atoms with Gasteiger partial charge in [-0.15, -0.1) is 0 Å². The highest BCUT2D eigenvalue weighted by Gasteiger charge is 2.17. The zero-order valence-corrected chi connectivity index (χ0v) is 14.7. The molecule has 0 aromatic heterocycles. The van der Waals surface area contributed by atoms with Crippen LogP contribution in [0.15, 0.2) is 77.7 Å². The van der Waals surface area contributed by atoms with E-state index < -0.39 is 14.9 Å². The van der Waals surface area contributed by atoms with E-state index >= 15 is 0 Å². The van der Waals surface area contributed by atoms with E-state index in [1.807, 2.05) is 30.3 Å². The average Bonchev–Trinajstić information content (AvgIpc) is 2.64. The number of nitro benzene ring substituents is 1. The van der Waals surface area contributed by atoms with Crippen LogP contribution >= 0.6 is 0 Å². The number of nitrogens with one attached hydrogen (secondary N) is 1. The Kier molecular flexibility index (Phi) is 4.73. The highest BCUT2D eigenvalue weighted by molar-refractivity contribution is 7.92. The van der Waals surface area contributed by atoms with Crippen LogP contribution in [0.1, 0.15) is 5.56 Å². The Labute approximate surface area is 151 Å². The summed E-state index contributed by atoms with van der Waals surface area (Å²) in [5, 5.41) is 10.8. The monoisotopic (exact) mass is 368 g/mol. The van der Waals surface area contributed by atoms with Crippen LogP contribution in [0.3, 0.4) is 0 Å². The van der Waals surface area contributed by atoms with Crippen LogP contribution in [0, 0.1) is 17.0 Å². The maximum Gasteiger partial charge on any atom is 0.269 e. The smallest absolute Gasteiger partial charge is 0.269 e. The Hall–Kier alpha value is -3.19. The molecule has 0 bridgehead atoms. The summed E-state index contributed by atoms with van der Waals surface area (Å²) in [6.07, 6.45) is 0. The standard InChI is InChI=1S/C19H16N2O4S/c1-14-13-17(21(22)23)9-12-19(14)20-26(24,25)18-10-7-16(8-11-18)15-5-3-2-4-6-15/h2-13,20H,1H3. The molecule has 3 aromatic carbocycles. The lowest BCUT2D eigenvalue weighted by molar-refractivity contribution is -0.384. The van der Waals surface area contributed by atoms with Gasteiger partial charge in [0.1, 0.15) is 0 Å². The molecular weight excluding hydrogens is 352 g/mol. The first kappa shape index (κ1) is 17.6. The first-order valence-corrected chi connectivity index (χ1v) is 9.28. The van der Waals surface area contributed by atoms with Gasteiger partial charge in [-0.3, -0.25) is 14.8 Å². The second-order valence-corrected chi connectivity index (χ2v) is 7.43. The van der Waals surface area contributed by atoms with Crippen molar-refractivity contribution in [3.8, 4) is 11.1 Å². The summed E-state index contributed by atoms with van der Waals surface area (Å²) in [6, 6.07) is 20.2. The predicted octanol–water partition coefficient (Wildman–Crippen LogP) is 4.37. The van der Waals surface area contributed by atoms with Crippen LogP contribution < -0.4 is 4.72 Å². The normalized spacial score (nSPS) is 11.1. The van der Waals surface area contributed by atoms with Crippen molar-refractivity contribution in [2.75, 3.05) is 4.72 Å². The van der Waals surface area contributed by atoms with Crippen molar-refractivity contribution in [1.82, 2.24) is 0 Å². The van der Waals surface area contributed by atoms with Gasteiger partial charge in [-0.1, -0.05) is 42.5 Å². The predicted molar refractivity (Wildman–Crippen MR) is 101 cm³/mol. The number of non-ortho nitro benzene ring substituents is 1. The van der Waals surface area contributed by atoms with E-state index in [1.54, 1.807) is 19.1 Å². The van der Waals surface area contributed by atoms with E-state index in [-0.39, 0.29) is 10.6 Å². The number of benzene rings is 3. The van der Waals surface area contributed by atoms with E-state index in [4.69, 9.17) is 0 Å². The topological polar surface area (TPSA) is 89.3 Å². The van der Waals surface area contributed by atoms with Crippen LogP contribution in [0.25, 0.3) is 11.1 Å². The maximum atomic E-state index is 12.6. The molecule has 0 unspecified atom stereocenters. The third kappa shape index (κ3) is 3.73. The van der Waals surface area contributed by atoms with Gasteiger partial charge < -0.3 is 0 Å². The largest absolute Gasteiger partial charge is 0.279 e. The van der Waals surface area contributed by atoms with Crippen LogP contribution in [0.2, 0.25) is 0 Å². The third-order valence-electron chi connectivity index (χ3n) is 3.94.